The van der Waals surface area contributed by atoms with Crippen LogP contribution in [0.4, 0.5) is 14.5 Å². The SMILES string of the molecule is COc1ccccc1Oc1ccc(NC(=O)C2CC(F)(F)CN2)cc1. The number of carbonyl (C=O) groups excluding carboxylic acids is 1. The van der Waals surface area contributed by atoms with Crippen LogP contribution in [-0.4, -0.2) is 31.5 Å². The highest BCUT2D eigenvalue weighted by molar-refractivity contribution is 5.95. The summed E-state index contributed by atoms with van der Waals surface area (Å²) in [6, 6.07) is 13.0. The lowest BCUT2D eigenvalue weighted by molar-refractivity contribution is -0.118. The highest BCUT2D eigenvalue weighted by atomic mass is 19.3. The molecular weight excluding hydrogens is 330 g/mol. The lowest BCUT2D eigenvalue weighted by Crippen LogP contribution is -2.35. The summed E-state index contributed by atoms with van der Waals surface area (Å²) in [5.74, 6) is -1.58. The van der Waals surface area contributed by atoms with E-state index in [-0.39, 0.29) is 0 Å². The minimum atomic E-state index is -2.84. The number of hydrogen-bond donors (Lipinski definition) is 2. The molecular formula is C18H18F2N2O3. The average molecular weight is 348 g/mol. The zero-order chi connectivity index (χ0) is 17.9. The van der Waals surface area contributed by atoms with Crippen LogP contribution in [0.1, 0.15) is 6.42 Å². The molecule has 1 aliphatic rings. The first-order valence-electron chi connectivity index (χ1n) is 7.80. The molecule has 0 aliphatic carbocycles. The number of anilines is 1. The van der Waals surface area contributed by atoms with Crippen molar-refractivity contribution in [1.29, 1.82) is 0 Å². The molecule has 1 amide bonds. The number of nitrogens with one attached hydrogen (secondary N) is 2. The van der Waals surface area contributed by atoms with Gasteiger partial charge in [0.15, 0.2) is 11.5 Å². The Bertz CT molecular complexity index is 750. The lowest BCUT2D eigenvalue weighted by atomic mass is 10.2. The molecule has 2 aromatic rings. The topological polar surface area (TPSA) is 59.6 Å². The molecule has 2 aromatic carbocycles. The van der Waals surface area contributed by atoms with Gasteiger partial charge in [-0.05, 0) is 36.4 Å². The largest absolute Gasteiger partial charge is 0.493 e. The van der Waals surface area contributed by atoms with Crippen LogP contribution in [0.15, 0.2) is 48.5 Å². The predicted octanol–water partition coefficient (Wildman–Crippen LogP) is 3.42. The number of benzene rings is 2. The standard InChI is InChI=1S/C18H18F2N2O3/c1-24-15-4-2-3-5-16(15)25-13-8-6-12(7-9-13)22-17(23)14-10-18(19,20)11-21-14/h2-9,14,21H,10-11H2,1H3,(H,22,23). The smallest absolute Gasteiger partial charge is 0.262 e. The number of hydrogen-bond acceptors (Lipinski definition) is 4. The fourth-order valence-electron chi connectivity index (χ4n) is 2.57. The van der Waals surface area contributed by atoms with E-state index in [0.717, 1.165) is 0 Å². The third kappa shape index (κ3) is 4.24. The molecule has 25 heavy (non-hydrogen) atoms. The van der Waals surface area contributed by atoms with Crippen molar-refractivity contribution in [3.63, 3.8) is 0 Å². The lowest BCUT2D eigenvalue weighted by Gasteiger charge is -2.12. The van der Waals surface area contributed by atoms with Crippen molar-refractivity contribution in [1.82, 2.24) is 5.32 Å². The maximum Gasteiger partial charge on any atom is 0.262 e. The van der Waals surface area contributed by atoms with Crippen molar-refractivity contribution in [3.05, 3.63) is 48.5 Å². The predicted molar refractivity (Wildman–Crippen MR) is 89.5 cm³/mol. The maximum absolute atomic E-state index is 13.1. The summed E-state index contributed by atoms with van der Waals surface area (Å²) in [6.07, 6.45) is -0.492. The van der Waals surface area contributed by atoms with Crippen LogP contribution in [0.3, 0.4) is 0 Å². The Labute approximate surface area is 143 Å². The van der Waals surface area contributed by atoms with Crippen molar-refractivity contribution in [2.24, 2.45) is 0 Å². The molecule has 2 N–H and O–H groups in total. The number of halogens is 2. The Morgan fingerprint density at radius 2 is 1.84 bits per heavy atom. The van der Waals surface area contributed by atoms with Crippen LogP contribution in [-0.2, 0) is 4.79 Å². The number of alkyl halides is 2. The third-order valence-electron chi connectivity index (χ3n) is 3.85. The first kappa shape index (κ1) is 17.2. The molecule has 0 radical (unpaired) electrons. The van der Waals surface area contributed by atoms with Gasteiger partial charge in [-0.15, -0.1) is 0 Å². The highest BCUT2D eigenvalue weighted by Gasteiger charge is 2.42. The summed E-state index contributed by atoms with van der Waals surface area (Å²) in [4.78, 5) is 12.0. The number of amides is 1. The van der Waals surface area contributed by atoms with Gasteiger partial charge in [0.05, 0.1) is 19.7 Å². The Kier molecular flexibility index (Phi) is 4.85. The van der Waals surface area contributed by atoms with Crippen LogP contribution >= 0.6 is 0 Å². The van der Waals surface area contributed by atoms with Crippen LogP contribution < -0.4 is 20.1 Å². The molecule has 1 saturated heterocycles. The summed E-state index contributed by atoms with van der Waals surface area (Å²) in [7, 11) is 1.56. The molecule has 0 aromatic heterocycles. The van der Waals surface area contributed by atoms with Gasteiger partial charge in [-0.25, -0.2) is 8.78 Å². The van der Waals surface area contributed by atoms with E-state index in [4.69, 9.17) is 9.47 Å². The Morgan fingerprint density at radius 1 is 1.16 bits per heavy atom. The van der Waals surface area contributed by atoms with Crippen molar-refractivity contribution >= 4 is 11.6 Å². The molecule has 132 valence electrons. The first-order chi connectivity index (χ1) is 12.0. The second-order valence-corrected chi connectivity index (χ2v) is 5.76. The van der Waals surface area contributed by atoms with E-state index in [1.54, 1.807) is 43.5 Å². The van der Waals surface area contributed by atoms with Gasteiger partial charge in [0.1, 0.15) is 5.75 Å². The van der Waals surface area contributed by atoms with Crippen molar-refractivity contribution in [3.8, 4) is 17.2 Å². The quantitative estimate of drug-likeness (QED) is 0.869. The molecule has 1 unspecified atom stereocenters. The van der Waals surface area contributed by atoms with Crippen LogP contribution in [0.5, 0.6) is 17.2 Å². The zero-order valence-electron chi connectivity index (χ0n) is 13.6. The van der Waals surface area contributed by atoms with E-state index in [9.17, 15) is 13.6 Å². The van der Waals surface area contributed by atoms with Crippen molar-refractivity contribution < 1.29 is 23.0 Å². The van der Waals surface area contributed by atoms with Crippen molar-refractivity contribution in [2.45, 2.75) is 18.4 Å². The molecule has 0 saturated carbocycles. The molecule has 0 spiro atoms. The van der Waals surface area contributed by atoms with Gasteiger partial charge in [-0.3, -0.25) is 10.1 Å². The normalized spacial score (nSPS) is 18.6. The molecule has 1 aliphatic heterocycles. The van der Waals surface area contributed by atoms with Gasteiger partial charge in [-0.1, -0.05) is 12.1 Å². The van der Waals surface area contributed by atoms with E-state index in [0.29, 0.717) is 22.9 Å². The van der Waals surface area contributed by atoms with Gasteiger partial charge in [0.2, 0.25) is 5.91 Å². The molecule has 0 bridgehead atoms. The van der Waals surface area contributed by atoms with Gasteiger partial charge in [0.25, 0.3) is 5.92 Å². The maximum atomic E-state index is 13.1. The Morgan fingerprint density at radius 3 is 2.44 bits per heavy atom. The highest BCUT2D eigenvalue weighted by Crippen LogP contribution is 2.31. The van der Waals surface area contributed by atoms with Crippen LogP contribution in [0.25, 0.3) is 0 Å². The number of carbonyl (C=O) groups is 1. The summed E-state index contributed by atoms with van der Waals surface area (Å²) in [5.41, 5.74) is 0.509. The summed E-state index contributed by atoms with van der Waals surface area (Å²) < 4.78 is 37.2. The number of ether oxygens (including phenoxy) is 2. The van der Waals surface area contributed by atoms with E-state index >= 15 is 0 Å². The van der Waals surface area contributed by atoms with E-state index in [1.807, 2.05) is 12.1 Å². The van der Waals surface area contributed by atoms with Crippen LogP contribution in [0.2, 0.25) is 0 Å². The van der Waals surface area contributed by atoms with E-state index < -0.39 is 30.8 Å². The number of methoxy groups -OCH3 is 1. The molecule has 5 nitrogen and oxygen atoms in total. The summed E-state index contributed by atoms with van der Waals surface area (Å²) in [6.45, 7) is -0.475. The first-order valence-corrected chi connectivity index (χ1v) is 7.80. The minimum absolute atomic E-state index is 0.475. The molecule has 1 fully saturated rings. The Hall–Kier alpha value is -2.67. The van der Waals surface area contributed by atoms with Gasteiger partial charge in [0, 0.05) is 12.1 Å². The average Bonchev–Trinajstić information content (AvgIpc) is 2.97. The Balaban J connectivity index is 1.62. The minimum Gasteiger partial charge on any atom is -0.493 e. The molecule has 1 atom stereocenters. The van der Waals surface area contributed by atoms with E-state index in [2.05, 4.69) is 10.6 Å². The van der Waals surface area contributed by atoms with Gasteiger partial charge >= 0.3 is 0 Å². The van der Waals surface area contributed by atoms with Crippen LogP contribution in [0, 0.1) is 0 Å². The van der Waals surface area contributed by atoms with Gasteiger partial charge in [-0.2, -0.15) is 0 Å². The molecule has 3 rings (SSSR count). The van der Waals surface area contributed by atoms with Crippen molar-refractivity contribution in [2.75, 3.05) is 19.0 Å². The monoisotopic (exact) mass is 348 g/mol. The fraction of sp³-hybridized carbons (Fsp3) is 0.278. The summed E-state index contributed by atoms with van der Waals surface area (Å²) in [5, 5.41) is 5.14. The second-order valence-electron chi connectivity index (χ2n) is 5.76. The molecule has 1 heterocycles. The zero-order valence-corrected chi connectivity index (χ0v) is 13.6. The number of para-hydroxylation sites is 2. The van der Waals surface area contributed by atoms with Gasteiger partial charge < -0.3 is 14.8 Å². The third-order valence-corrected chi connectivity index (χ3v) is 3.85. The van der Waals surface area contributed by atoms with E-state index in [1.165, 1.54) is 0 Å². The molecule has 7 heteroatoms. The second kappa shape index (κ2) is 7.06. The summed E-state index contributed by atoms with van der Waals surface area (Å²) >= 11 is 0. The fourth-order valence-corrected chi connectivity index (χ4v) is 2.57. The number of rotatable bonds is 5.